The number of ether oxygens (including phenoxy) is 3. The Kier molecular flexibility index (Phi) is 35.9. The topological polar surface area (TPSA) is 102 Å². The van der Waals surface area contributed by atoms with Crippen LogP contribution in [-0.4, -0.2) is 75.5 Å². The minimum atomic E-state index is -1.13. The molecule has 0 aliphatic rings. The van der Waals surface area contributed by atoms with Crippen LogP contribution in [0.4, 0.5) is 0 Å². The highest BCUT2D eigenvalue weighted by molar-refractivity contribution is 5.70. The summed E-state index contributed by atoms with van der Waals surface area (Å²) in [6.07, 6.45) is 45.2. The lowest BCUT2D eigenvalue weighted by atomic mass is 10.1. The Bertz CT molecular complexity index is 1090. The van der Waals surface area contributed by atoms with Crippen LogP contribution in [0.1, 0.15) is 168 Å². The van der Waals surface area contributed by atoms with Crippen LogP contribution in [-0.2, 0) is 28.6 Å². The standard InChI is InChI=1S/C47H81NO7/c1-6-8-10-12-14-16-18-20-22-24-26-28-30-32-34-36-38-46(50)55-43(41-53-40-39-44(47(51)52)48(3,4)5)42-54-45(49)37-35-33-31-29-27-25-23-21-19-17-15-13-11-9-7-2/h8,10,14-17,19-22,43-44H,6-7,9,11-13,18,23-42H2,1-5H3/b10-8+,16-14+,17-15+,21-19+,22-20+. The zero-order valence-electron chi connectivity index (χ0n) is 35.8. The number of carboxylic acids is 1. The first-order valence-corrected chi connectivity index (χ1v) is 21.8. The second-order valence-electron chi connectivity index (χ2n) is 15.6. The van der Waals surface area contributed by atoms with Crippen LogP contribution < -0.4 is 5.11 Å². The predicted molar refractivity (Wildman–Crippen MR) is 226 cm³/mol. The number of carbonyl (C=O) groups excluding carboxylic acids is 3. The molecule has 0 amide bonds. The maximum absolute atomic E-state index is 12.7. The summed E-state index contributed by atoms with van der Waals surface area (Å²) in [5.74, 6) is -1.77. The van der Waals surface area contributed by atoms with E-state index in [-0.39, 0.29) is 42.7 Å². The van der Waals surface area contributed by atoms with Gasteiger partial charge in [-0.1, -0.05) is 139 Å². The van der Waals surface area contributed by atoms with Gasteiger partial charge in [-0.3, -0.25) is 9.59 Å². The first kappa shape index (κ1) is 52.0. The molecule has 0 N–H and O–H groups in total. The number of hydrogen-bond donors (Lipinski definition) is 0. The summed E-state index contributed by atoms with van der Waals surface area (Å²) in [7, 11) is 5.39. The van der Waals surface area contributed by atoms with Crippen molar-refractivity contribution in [1.29, 1.82) is 0 Å². The molecule has 0 aliphatic carbocycles. The van der Waals surface area contributed by atoms with E-state index in [4.69, 9.17) is 14.2 Å². The molecule has 2 unspecified atom stereocenters. The highest BCUT2D eigenvalue weighted by Gasteiger charge is 2.25. The van der Waals surface area contributed by atoms with E-state index >= 15 is 0 Å². The minimum absolute atomic E-state index is 0.0292. The van der Waals surface area contributed by atoms with Gasteiger partial charge in [0.15, 0.2) is 6.10 Å². The third-order valence-electron chi connectivity index (χ3n) is 9.42. The summed E-state index contributed by atoms with van der Waals surface area (Å²) < 4.78 is 17.1. The van der Waals surface area contributed by atoms with Crippen molar-refractivity contribution in [3.8, 4) is 0 Å². The van der Waals surface area contributed by atoms with Gasteiger partial charge in [0.2, 0.25) is 0 Å². The van der Waals surface area contributed by atoms with Crippen molar-refractivity contribution in [2.24, 2.45) is 0 Å². The Labute approximate surface area is 337 Å². The van der Waals surface area contributed by atoms with Gasteiger partial charge in [0.25, 0.3) is 0 Å². The van der Waals surface area contributed by atoms with Gasteiger partial charge in [0.05, 0.1) is 40.3 Å². The van der Waals surface area contributed by atoms with Crippen molar-refractivity contribution in [2.45, 2.75) is 180 Å². The van der Waals surface area contributed by atoms with Crippen LogP contribution in [0.25, 0.3) is 0 Å². The van der Waals surface area contributed by atoms with E-state index in [1.54, 1.807) is 21.1 Å². The van der Waals surface area contributed by atoms with Crippen molar-refractivity contribution in [3.63, 3.8) is 0 Å². The Morgan fingerprint density at radius 3 is 1.62 bits per heavy atom. The average molecular weight is 772 g/mol. The molecule has 0 fully saturated rings. The highest BCUT2D eigenvalue weighted by atomic mass is 16.6. The fourth-order valence-electron chi connectivity index (χ4n) is 6.02. The molecule has 8 nitrogen and oxygen atoms in total. The van der Waals surface area contributed by atoms with Crippen molar-refractivity contribution < 1.29 is 38.2 Å². The molecule has 0 aromatic rings. The third kappa shape index (κ3) is 36.4. The molecule has 0 saturated carbocycles. The molecule has 0 spiro atoms. The molecule has 0 aromatic carbocycles. The number of allylic oxidation sites excluding steroid dienone is 10. The average Bonchev–Trinajstić information content (AvgIpc) is 3.14. The molecular formula is C47H81NO7. The molecule has 0 heterocycles. The summed E-state index contributed by atoms with van der Waals surface area (Å²) >= 11 is 0. The molecule has 0 aromatic heterocycles. The van der Waals surface area contributed by atoms with Crippen molar-refractivity contribution >= 4 is 17.9 Å². The van der Waals surface area contributed by atoms with Gasteiger partial charge in [-0.2, -0.15) is 0 Å². The normalized spacial score (nSPS) is 13.5. The van der Waals surface area contributed by atoms with Gasteiger partial charge in [0, 0.05) is 19.3 Å². The number of hydrogen-bond acceptors (Lipinski definition) is 7. The van der Waals surface area contributed by atoms with Crippen LogP contribution in [0.15, 0.2) is 60.8 Å². The molecule has 0 rings (SSSR count). The largest absolute Gasteiger partial charge is 0.544 e. The Hall–Kier alpha value is -2.97. The zero-order chi connectivity index (χ0) is 40.7. The summed E-state index contributed by atoms with van der Waals surface area (Å²) in [4.78, 5) is 36.8. The Balaban J connectivity index is 4.40. The number of carboxylic acid groups (broad SMARTS) is 1. The van der Waals surface area contributed by atoms with Crippen molar-refractivity contribution in [2.75, 3.05) is 41.0 Å². The molecule has 0 radical (unpaired) electrons. The lowest BCUT2D eigenvalue weighted by Crippen LogP contribution is -2.55. The van der Waals surface area contributed by atoms with Crippen LogP contribution in [0, 0.1) is 0 Å². The number of nitrogens with zero attached hydrogens (tertiary/aromatic N) is 1. The van der Waals surface area contributed by atoms with Gasteiger partial charge in [-0.15, -0.1) is 0 Å². The third-order valence-corrected chi connectivity index (χ3v) is 9.42. The van der Waals surface area contributed by atoms with E-state index in [1.165, 1.54) is 44.9 Å². The number of esters is 2. The molecule has 0 bridgehead atoms. The molecule has 8 heteroatoms. The summed E-state index contributed by atoms with van der Waals surface area (Å²) in [5, 5.41) is 11.6. The molecule has 0 saturated heterocycles. The SMILES string of the molecule is CC/C=C/C/C=C/C/C=C/CCCCCCCCC(=O)OC(COCCC(C(=O)[O-])[N+](C)(C)C)COC(=O)CCCCCCCC/C=C/C=C/CCCCC. The van der Waals surface area contributed by atoms with E-state index in [1.807, 2.05) is 0 Å². The van der Waals surface area contributed by atoms with E-state index < -0.39 is 18.1 Å². The summed E-state index contributed by atoms with van der Waals surface area (Å²) in [6, 6.07) is -0.732. The van der Waals surface area contributed by atoms with Gasteiger partial charge < -0.3 is 28.6 Å². The second-order valence-corrected chi connectivity index (χ2v) is 15.6. The second kappa shape index (κ2) is 37.9. The van der Waals surface area contributed by atoms with Gasteiger partial charge in [-0.05, 0) is 70.6 Å². The van der Waals surface area contributed by atoms with E-state index in [0.29, 0.717) is 12.8 Å². The lowest BCUT2D eigenvalue weighted by molar-refractivity contribution is -0.889. The Morgan fingerprint density at radius 1 is 0.582 bits per heavy atom. The molecule has 55 heavy (non-hydrogen) atoms. The predicted octanol–water partition coefficient (Wildman–Crippen LogP) is 10.5. The maximum atomic E-state index is 12.7. The number of unbranched alkanes of at least 4 members (excludes halogenated alkanes) is 15. The zero-order valence-corrected chi connectivity index (χ0v) is 35.8. The first-order chi connectivity index (χ1) is 26.6. The molecule has 316 valence electrons. The number of likely N-dealkylation sites (N-methyl/N-ethyl adjacent to an activating group) is 1. The van der Waals surface area contributed by atoms with Gasteiger partial charge in [-0.25, -0.2) is 0 Å². The summed E-state index contributed by atoms with van der Waals surface area (Å²) in [5.41, 5.74) is 0. The van der Waals surface area contributed by atoms with Crippen molar-refractivity contribution in [3.05, 3.63) is 60.8 Å². The van der Waals surface area contributed by atoms with Gasteiger partial charge >= 0.3 is 11.9 Å². The summed E-state index contributed by atoms with van der Waals surface area (Å²) in [6.45, 7) is 4.48. The minimum Gasteiger partial charge on any atom is -0.544 e. The number of carbonyl (C=O) groups is 3. The van der Waals surface area contributed by atoms with Crippen LogP contribution in [0.3, 0.4) is 0 Å². The highest BCUT2D eigenvalue weighted by Crippen LogP contribution is 2.13. The molecular weight excluding hydrogens is 691 g/mol. The lowest BCUT2D eigenvalue weighted by Gasteiger charge is -2.34. The smallest absolute Gasteiger partial charge is 0.306 e. The molecule has 0 aliphatic heterocycles. The fraction of sp³-hybridized carbons (Fsp3) is 0.723. The van der Waals surface area contributed by atoms with E-state index in [0.717, 1.165) is 89.9 Å². The fourth-order valence-corrected chi connectivity index (χ4v) is 6.02. The van der Waals surface area contributed by atoms with Crippen LogP contribution >= 0.6 is 0 Å². The van der Waals surface area contributed by atoms with E-state index in [9.17, 15) is 19.5 Å². The number of quaternary nitrogens is 1. The monoisotopic (exact) mass is 772 g/mol. The quantitative estimate of drug-likeness (QED) is 0.0202. The maximum Gasteiger partial charge on any atom is 0.306 e. The van der Waals surface area contributed by atoms with Crippen LogP contribution in [0.2, 0.25) is 0 Å². The number of aliphatic carboxylic acids is 1. The Morgan fingerprint density at radius 2 is 1.07 bits per heavy atom. The van der Waals surface area contributed by atoms with E-state index in [2.05, 4.69) is 74.6 Å². The van der Waals surface area contributed by atoms with Crippen molar-refractivity contribution in [1.82, 2.24) is 0 Å². The first-order valence-electron chi connectivity index (χ1n) is 21.8. The van der Waals surface area contributed by atoms with Gasteiger partial charge in [0.1, 0.15) is 12.6 Å². The number of rotatable bonds is 38. The molecule has 2 atom stereocenters. The van der Waals surface area contributed by atoms with Crippen LogP contribution in [0.5, 0.6) is 0 Å².